The maximum Gasteiger partial charge on any atom is 0.325 e. The van der Waals surface area contributed by atoms with Gasteiger partial charge >= 0.3 is 5.97 Å². The van der Waals surface area contributed by atoms with Crippen molar-refractivity contribution in [3.8, 4) is 5.75 Å². The van der Waals surface area contributed by atoms with Gasteiger partial charge in [0.15, 0.2) is 0 Å². The van der Waals surface area contributed by atoms with E-state index in [1.165, 1.54) is 12.4 Å². The van der Waals surface area contributed by atoms with Gasteiger partial charge in [0.05, 0.1) is 12.8 Å². The van der Waals surface area contributed by atoms with Crippen molar-refractivity contribution in [3.63, 3.8) is 0 Å². The number of aliphatic carboxylic acids is 1. The van der Waals surface area contributed by atoms with E-state index in [0.717, 1.165) is 0 Å². The minimum atomic E-state index is -1.09. The topological polar surface area (TPSA) is 85.4 Å². The summed E-state index contributed by atoms with van der Waals surface area (Å²) in [5.41, 5.74) is 5.90. The number of pyridine rings is 1. The van der Waals surface area contributed by atoms with Gasteiger partial charge in [0.2, 0.25) is 0 Å². The van der Waals surface area contributed by atoms with Gasteiger partial charge < -0.3 is 15.6 Å². The Hall–Kier alpha value is -1.62. The van der Waals surface area contributed by atoms with Crippen molar-refractivity contribution in [1.29, 1.82) is 0 Å². The SMILES string of the molecule is CCOc1cnccc1C(N)C(=O)O. The molecule has 1 rings (SSSR count). The lowest BCUT2D eigenvalue weighted by Gasteiger charge is -2.11. The summed E-state index contributed by atoms with van der Waals surface area (Å²) in [4.78, 5) is 14.5. The predicted molar refractivity (Wildman–Crippen MR) is 50.0 cm³/mol. The first-order valence-electron chi connectivity index (χ1n) is 4.22. The third-order valence-electron chi connectivity index (χ3n) is 1.72. The molecule has 5 heteroatoms. The first kappa shape index (κ1) is 10.5. The van der Waals surface area contributed by atoms with Crippen LogP contribution in [0.1, 0.15) is 18.5 Å². The minimum Gasteiger partial charge on any atom is -0.492 e. The summed E-state index contributed by atoms with van der Waals surface area (Å²) >= 11 is 0. The standard InChI is InChI=1S/C9H12N2O3/c1-2-14-7-5-11-4-3-6(7)8(10)9(12)13/h3-5,8H,2,10H2,1H3,(H,12,13). The fourth-order valence-electron chi connectivity index (χ4n) is 1.06. The van der Waals surface area contributed by atoms with E-state index in [1.54, 1.807) is 6.07 Å². The molecule has 0 saturated carbocycles. The van der Waals surface area contributed by atoms with Crippen LogP contribution in [0, 0.1) is 0 Å². The predicted octanol–water partition coefficient (Wildman–Crippen LogP) is 0.565. The van der Waals surface area contributed by atoms with Gasteiger partial charge in [-0.2, -0.15) is 0 Å². The van der Waals surface area contributed by atoms with Crippen LogP contribution < -0.4 is 10.5 Å². The van der Waals surface area contributed by atoms with Crippen molar-refractivity contribution < 1.29 is 14.6 Å². The average Bonchev–Trinajstić information content (AvgIpc) is 2.18. The van der Waals surface area contributed by atoms with Gasteiger partial charge in [-0.3, -0.25) is 9.78 Å². The highest BCUT2D eigenvalue weighted by Gasteiger charge is 2.18. The quantitative estimate of drug-likeness (QED) is 0.735. The van der Waals surface area contributed by atoms with E-state index >= 15 is 0 Å². The zero-order chi connectivity index (χ0) is 10.6. The largest absolute Gasteiger partial charge is 0.492 e. The van der Waals surface area contributed by atoms with Crippen molar-refractivity contribution in [2.45, 2.75) is 13.0 Å². The van der Waals surface area contributed by atoms with Crippen LogP contribution >= 0.6 is 0 Å². The summed E-state index contributed by atoms with van der Waals surface area (Å²) in [6, 6.07) is 0.476. The number of carbonyl (C=O) groups is 1. The van der Waals surface area contributed by atoms with Crippen LogP contribution in [0.3, 0.4) is 0 Å². The van der Waals surface area contributed by atoms with E-state index in [9.17, 15) is 4.79 Å². The van der Waals surface area contributed by atoms with Crippen LogP contribution in [0.25, 0.3) is 0 Å². The molecule has 14 heavy (non-hydrogen) atoms. The lowest BCUT2D eigenvalue weighted by Crippen LogP contribution is -2.21. The molecule has 0 aliphatic heterocycles. The summed E-state index contributed by atoms with van der Waals surface area (Å²) in [5.74, 6) is -0.665. The van der Waals surface area contributed by atoms with E-state index in [0.29, 0.717) is 17.9 Å². The Balaban J connectivity index is 3.00. The van der Waals surface area contributed by atoms with Crippen LogP contribution in [-0.2, 0) is 4.79 Å². The van der Waals surface area contributed by atoms with Crippen molar-refractivity contribution in [2.24, 2.45) is 5.73 Å². The fourth-order valence-corrected chi connectivity index (χ4v) is 1.06. The van der Waals surface area contributed by atoms with Gasteiger partial charge in [-0.05, 0) is 13.0 Å². The first-order chi connectivity index (χ1) is 6.66. The summed E-state index contributed by atoms with van der Waals surface area (Å²) in [6.45, 7) is 2.26. The molecule has 1 atom stereocenters. The molecule has 1 aromatic rings. The number of hydrogen-bond donors (Lipinski definition) is 2. The number of aromatic nitrogens is 1. The molecule has 1 heterocycles. The smallest absolute Gasteiger partial charge is 0.325 e. The number of carboxylic acids is 1. The molecule has 0 spiro atoms. The molecular weight excluding hydrogens is 184 g/mol. The van der Waals surface area contributed by atoms with Gasteiger partial charge in [-0.25, -0.2) is 0 Å². The summed E-state index contributed by atoms with van der Waals surface area (Å²) < 4.78 is 5.20. The lowest BCUT2D eigenvalue weighted by molar-refractivity contribution is -0.138. The zero-order valence-corrected chi connectivity index (χ0v) is 7.80. The molecule has 76 valence electrons. The Bertz CT molecular complexity index is 328. The summed E-state index contributed by atoms with van der Waals surface area (Å²) in [7, 11) is 0. The Morgan fingerprint density at radius 3 is 3.07 bits per heavy atom. The molecule has 3 N–H and O–H groups in total. The zero-order valence-electron chi connectivity index (χ0n) is 7.80. The van der Waals surface area contributed by atoms with Gasteiger partial charge in [0.1, 0.15) is 11.8 Å². The van der Waals surface area contributed by atoms with Gasteiger partial charge in [0.25, 0.3) is 0 Å². The van der Waals surface area contributed by atoms with Gasteiger partial charge in [0, 0.05) is 11.8 Å². The number of hydrogen-bond acceptors (Lipinski definition) is 4. The molecule has 0 bridgehead atoms. The van der Waals surface area contributed by atoms with Crippen LogP contribution in [0.4, 0.5) is 0 Å². The fraction of sp³-hybridized carbons (Fsp3) is 0.333. The third kappa shape index (κ3) is 2.20. The van der Waals surface area contributed by atoms with Crippen LogP contribution in [0.2, 0.25) is 0 Å². The molecule has 0 aromatic carbocycles. The molecule has 0 aliphatic rings. The highest BCUT2D eigenvalue weighted by Crippen LogP contribution is 2.22. The number of nitrogens with two attached hydrogens (primary N) is 1. The number of rotatable bonds is 4. The van der Waals surface area contributed by atoms with Crippen LogP contribution in [-0.4, -0.2) is 22.7 Å². The second-order valence-electron chi connectivity index (χ2n) is 2.66. The molecule has 0 aliphatic carbocycles. The molecule has 0 radical (unpaired) electrons. The number of nitrogens with zero attached hydrogens (tertiary/aromatic N) is 1. The maximum absolute atomic E-state index is 10.7. The summed E-state index contributed by atoms with van der Waals surface area (Å²) in [5, 5.41) is 8.73. The second-order valence-corrected chi connectivity index (χ2v) is 2.66. The monoisotopic (exact) mass is 196 g/mol. The van der Waals surface area contributed by atoms with Crippen molar-refractivity contribution >= 4 is 5.97 Å². The minimum absolute atomic E-state index is 0.421. The molecular formula is C9H12N2O3. The highest BCUT2D eigenvalue weighted by molar-refractivity contribution is 5.76. The molecule has 1 aromatic heterocycles. The maximum atomic E-state index is 10.7. The molecule has 0 amide bonds. The Labute approximate surface area is 81.5 Å². The van der Waals surface area contributed by atoms with Crippen molar-refractivity contribution in [1.82, 2.24) is 4.98 Å². The molecule has 0 saturated heterocycles. The molecule has 0 fully saturated rings. The number of ether oxygens (including phenoxy) is 1. The average molecular weight is 196 g/mol. The van der Waals surface area contributed by atoms with E-state index in [4.69, 9.17) is 15.6 Å². The number of carboxylic acid groups (broad SMARTS) is 1. The first-order valence-corrected chi connectivity index (χ1v) is 4.22. The van der Waals surface area contributed by atoms with Crippen molar-refractivity contribution in [2.75, 3.05) is 6.61 Å². The third-order valence-corrected chi connectivity index (χ3v) is 1.72. The Kier molecular flexibility index (Phi) is 3.41. The van der Waals surface area contributed by atoms with Crippen LogP contribution in [0.5, 0.6) is 5.75 Å². The highest BCUT2D eigenvalue weighted by atomic mass is 16.5. The summed E-state index contributed by atoms with van der Waals surface area (Å²) in [6.07, 6.45) is 2.95. The Morgan fingerprint density at radius 2 is 2.50 bits per heavy atom. The van der Waals surface area contributed by atoms with Gasteiger partial charge in [-0.15, -0.1) is 0 Å². The van der Waals surface area contributed by atoms with E-state index in [1.807, 2.05) is 6.92 Å². The van der Waals surface area contributed by atoms with Gasteiger partial charge in [-0.1, -0.05) is 0 Å². The normalized spacial score (nSPS) is 12.1. The molecule has 1 unspecified atom stereocenters. The molecule has 5 nitrogen and oxygen atoms in total. The van der Waals surface area contributed by atoms with E-state index in [-0.39, 0.29) is 0 Å². The van der Waals surface area contributed by atoms with Crippen LogP contribution in [0.15, 0.2) is 18.5 Å². The second kappa shape index (κ2) is 4.57. The van der Waals surface area contributed by atoms with E-state index in [2.05, 4.69) is 4.98 Å². The van der Waals surface area contributed by atoms with Crippen molar-refractivity contribution in [3.05, 3.63) is 24.0 Å². The van der Waals surface area contributed by atoms with E-state index < -0.39 is 12.0 Å². The Morgan fingerprint density at radius 1 is 1.79 bits per heavy atom. The lowest BCUT2D eigenvalue weighted by atomic mass is 10.1.